The molecule has 2 aromatic rings. The normalized spacial score (nSPS) is 10.4. The Hall–Kier alpha value is -3.02. The molecule has 0 aliphatic heterocycles. The van der Waals surface area contributed by atoms with E-state index in [2.05, 4.69) is 0 Å². The van der Waals surface area contributed by atoms with Crippen molar-refractivity contribution in [1.82, 2.24) is 0 Å². The van der Waals surface area contributed by atoms with Crippen molar-refractivity contribution >= 4 is 17.7 Å². The predicted molar refractivity (Wildman–Crippen MR) is 104 cm³/mol. The van der Waals surface area contributed by atoms with Crippen LogP contribution in [0.1, 0.15) is 36.7 Å². The Morgan fingerprint density at radius 2 is 1.74 bits per heavy atom. The molecule has 0 saturated heterocycles. The van der Waals surface area contributed by atoms with E-state index in [4.69, 9.17) is 14.2 Å². The Morgan fingerprint density at radius 1 is 1.07 bits per heavy atom. The number of methoxy groups -OCH3 is 1. The zero-order valence-corrected chi connectivity index (χ0v) is 16.3. The number of anilines is 1. The third-order valence-corrected chi connectivity index (χ3v) is 3.83. The van der Waals surface area contributed by atoms with E-state index in [9.17, 15) is 9.59 Å². The van der Waals surface area contributed by atoms with Crippen molar-refractivity contribution in [2.75, 3.05) is 18.6 Å². The summed E-state index contributed by atoms with van der Waals surface area (Å²) in [5.41, 5.74) is 1.37. The SMILES string of the molecule is CCOc1ccc(N(C(=O)OC(C)C)C(=O)c2ccccc2)c(C)c1OC. The van der Waals surface area contributed by atoms with Crippen LogP contribution in [0.15, 0.2) is 42.5 Å². The molecular weight excluding hydrogens is 346 g/mol. The second kappa shape index (κ2) is 9.07. The minimum atomic E-state index is -0.742. The number of ether oxygens (including phenoxy) is 3. The van der Waals surface area contributed by atoms with Crippen LogP contribution in [0.25, 0.3) is 0 Å². The molecule has 0 atom stereocenters. The highest BCUT2D eigenvalue weighted by atomic mass is 16.6. The summed E-state index contributed by atoms with van der Waals surface area (Å²) in [6.07, 6.45) is -1.11. The molecule has 6 nitrogen and oxygen atoms in total. The molecule has 144 valence electrons. The topological polar surface area (TPSA) is 65.1 Å². The summed E-state index contributed by atoms with van der Waals surface area (Å²) >= 11 is 0. The van der Waals surface area contributed by atoms with Crippen LogP contribution in [-0.4, -0.2) is 31.8 Å². The molecule has 0 heterocycles. The lowest BCUT2D eigenvalue weighted by atomic mass is 10.1. The quantitative estimate of drug-likeness (QED) is 0.743. The number of nitrogens with zero attached hydrogens (tertiary/aromatic N) is 1. The molecule has 2 aromatic carbocycles. The number of rotatable bonds is 6. The van der Waals surface area contributed by atoms with Crippen molar-refractivity contribution in [3.8, 4) is 11.5 Å². The highest BCUT2D eigenvalue weighted by Crippen LogP contribution is 2.38. The maximum Gasteiger partial charge on any atom is 0.421 e. The molecular formula is C21H25NO5. The van der Waals surface area contributed by atoms with Crippen LogP contribution >= 0.6 is 0 Å². The molecule has 0 unspecified atom stereocenters. The van der Waals surface area contributed by atoms with Gasteiger partial charge in [-0.1, -0.05) is 18.2 Å². The lowest BCUT2D eigenvalue weighted by molar-refractivity contribution is 0.0932. The predicted octanol–water partition coefficient (Wildman–Crippen LogP) is 4.59. The molecule has 6 heteroatoms. The molecule has 0 spiro atoms. The van der Waals surface area contributed by atoms with Crippen molar-refractivity contribution < 1.29 is 23.8 Å². The lowest BCUT2D eigenvalue weighted by Gasteiger charge is -2.25. The maximum absolute atomic E-state index is 13.1. The van der Waals surface area contributed by atoms with Gasteiger partial charge in [0.15, 0.2) is 11.5 Å². The van der Waals surface area contributed by atoms with Crippen molar-refractivity contribution in [1.29, 1.82) is 0 Å². The van der Waals surface area contributed by atoms with Gasteiger partial charge in [-0.05, 0) is 52.0 Å². The first-order valence-electron chi connectivity index (χ1n) is 8.81. The van der Waals surface area contributed by atoms with Gasteiger partial charge < -0.3 is 14.2 Å². The number of hydrogen-bond donors (Lipinski definition) is 0. The van der Waals surface area contributed by atoms with E-state index in [0.717, 1.165) is 4.90 Å². The summed E-state index contributed by atoms with van der Waals surface area (Å²) in [7, 11) is 1.52. The Labute approximate surface area is 159 Å². The maximum atomic E-state index is 13.1. The van der Waals surface area contributed by atoms with Gasteiger partial charge in [0.1, 0.15) is 0 Å². The van der Waals surface area contributed by atoms with Crippen LogP contribution in [0.5, 0.6) is 11.5 Å². The summed E-state index contributed by atoms with van der Waals surface area (Å²) < 4.78 is 16.3. The Morgan fingerprint density at radius 3 is 2.30 bits per heavy atom. The highest BCUT2D eigenvalue weighted by molar-refractivity contribution is 6.19. The first-order valence-corrected chi connectivity index (χ1v) is 8.81. The summed E-state index contributed by atoms with van der Waals surface area (Å²) in [5.74, 6) is 0.540. The van der Waals surface area contributed by atoms with E-state index in [1.54, 1.807) is 63.2 Å². The van der Waals surface area contributed by atoms with Gasteiger partial charge in [-0.3, -0.25) is 4.79 Å². The molecule has 0 aromatic heterocycles. The van der Waals surface area contributed by atoms with Crippen molar-refractivity contribution in [3.05, 3.63) is 53.6 Å². The van der Waals surface area contributed by atoms with Crippen LogP contribution in [0.2, 0.25) is 0 Å². The largest absolute Gasteiger partial charge is 0.493 e. The van der Waals surface area contributed by atoms with Gasteiger partial charge in [0.2, 0.25) is 0 Å². The summed E-state index contributed by atoms with van der Waals surface area (Å²) in [6, 6.07) is 11.9. The van der Waals surface area contributed by atoms with E-state index < -0.39 is 12.0 Å². The summed E-state index contributed by atoms with van der Waals surface area (Å²) in [6.45, 7) is 7.57. The van der Waals surface area contributed by atoms with Crippen LogP contribution in [0.3, 0.4) is 0 Å². The van der Waals surface area contributed by atoms with E-state index >= 15 is 0 Å². The molecule has 0 fully saturated rings. The van der Waals surface area contributed by atoms with Crippen LogP contribution in [0, 0.1) is 6.92 Å². The second-order valence-electron chi connectivity index (χ2n) is 6.11. The molecule has 2 rings (SSSR count). The summed E-state index contributed by atoms with van der Waals surface area (Å²) in [5, 5.41) is 0. The number of hydrogen-bond acceptors (Lipinski definition) is 5. The zero-order chi connectivity index (χ0) is 20.0. The number of imide groups is 1. The fourth-order valence-corrected chi connectivity index (χ4v) is 2.68. The van der Waals surface area contributed by atoms with E-state index in [-0.39, 0.29) is 6.10 Å². The Kier molecular flexibility index (Phi) is 6.82. The fraction of sp³-hybridized carbons (Fsp3) is 0.333. The van der Waals surface area contributed by atoms with E-state index in [0.29, 0.717) is 34.9 Å². The first kappa shape index (κ1) is 20.3. The van der Waals surface area contributed by atoms with Crippen LogP contribution < -0.4 is 14.4 Å². The molecule has 0 N–H and O–H groups in total. The smallest absolute Gasteiger partial charge is 0.421 e. The third kappa shape index (κ3) is 4.58. The minimum absolute atomic E-state index is 0.367. The van der Waals surface area contributed by atoms with Gasteiger partial charge in [-0.25, -0.2) is 9.69 Å². The van der Waals surface area contributed by atoms with Crippen molar-refractivity contribution in [2.24, 2.45) is 0 Å². The fourth-order valence-electron chi connectivity index (χ4n) is 2.68. The lowest BCUT2D eigenvalue weighted by Crippen LogP contribution is -2.39. The minimum Gasteiger partial charge on any atom is -0.493 e. The first-order chi connectivity index (χ1) is 12.9. The standard InChI is InChI=1S/C21H25NO5/c1-6-26-18-13-12-17(15(4)19(18)25-5)22(21(24)27-14(2)3)20(23)16-10-8-7-9-11-16/h7-14H,6H2,1-5H3. The number of benzene rings is 2. The van der Waals surface area contributed by atoms with Crippen LogP contribution in [-0.2, 0) is 4.74 Å². The van der Waals surface area contributed by atoms with Gasteiger partial charge in [0.25, 0.3) is 5.91 Å². The number of carbonyl (C=O) groups excluding carboxylic acids is 2. The average molecular weight is 371 g/mol. The Bertz CT molecular complexity index is 802. The van der Waals surface area contributed by atoms with Gasteiger partial charge in [-0.15, -0.1) is 0 Å². The van der Waals surface area contributed by atoms with Gasteiger partial charge in [-0.2, -0.15) is 0 Å². The molecule has 2 amide bonds. The number of carbonyl (C=O) groups is 2. The van der Waals surface area contributed by atoms with Gasteiger partial charge in [0, 0.05) is 11.1 Å². The van der Waals surface area contributed by atoms with Gasteiger partial charge in [0.05, 0.1) is 25.5 Å². The Balaban J connectivity index is 2.57. The second-order valence-corrected chi connectivity index (χ2v) is 6.11. The van der Waals surface area contributed by atoms with Crippen LogP contribution in [0.4, 0.5) is 10.5 Å². The molecule has 0 radical (unpaired) electrons. The van der Waals surface area contributed by atoms with E-state index in [1.807, 2.05) is 6.92 Å². The van der Waals surface area contributed by atoms with Crippen molar-refractivity contribution in [2.45, 2.75) is 33.8 Å². The molecule has 0 aliphatic rings. The van der Waals surface area contributed by atoms with Crippen molar-refractivity contribution in [3.63, 3.8) is 0 Å². The van der Waals surface area contributed by atoms with Gasteiger partial charge >= 0.3 is 6.09 Å². The molecule has 27 heavy (non-hydrogen) atoms. The summed E-state index contributed by atoms with van der Waals surface area (Å²) in [4.78, 5) is 26.9. The molecule has 0 aliphatic carbocycles. The molecule has 0 saturated carbocycles. The average Bonchev–Trinajstić information content (AvgIpc) is 2.64. The van der Waals surface area contributed by atoms with E-state index in [1.165, 1.54) is 7.11 Å². The zero-order valence-electron chi connectivity index (χ0n) is 16.3. The molecule has 0 bridgehead atoms. The third-order valence-electron chi connectivity index (χ3n) is 3.83. The highest BCUT2D eigenvalue weighted by Gasteiger charge is 2.30. The number of amides is 2. The monoisotopic (exact) mass is 371 g/mol.